The second-order valence-electron chi connectivity index (χ2n) is 5.80. The van der Waals surface area contributed by atoms with E-state index in [9.17, 15) is 4.79 Å². The summed E-state index contributed by atoms with van der Waals surface area (Å²) in [4.78, 5) is 23.3. The Morgan fingerprint density at radius 2 is 2.17 bits per heavy atom. The summed E-state index contributed by atoms with van der Waals surface area (Å²) >= 11 is 0. The van der Waals surface area contributed by atoms with Gasteiger partial charge in [-0.3, -0.25) is 9.89 Å². The van der Waals surface area contributed by atoms with Gasteiger partial charge in [-0.2, -0.15) is 5.10 Å². The third-order valence-corrected chi connectivity index (χ3v) is 4.09. The summed E-state index contributed by atoms with van der Waals surface area (Å²) in [6.45, 7) is 4.40. The Labute approximate surface area is 135 Å². The highest BCUT2D eigenvalue weighted by molar-refractivity contribution is 5.94. The first-order chi connectivity index (χ1) is 11.2. The van der Waals surface area contributed by atoms with Gasteiger partial charge >= 0.3 is 0 Å². The SMILES string of the molecule is Cc1nc(N2CCCCC2)ncc1C(=O)NCCc1ccn[nH]1. The van der Waals surface area contributed by atoms with Crippen LogP contribution >= 0.6 is 0 Å². The summed E-state index contributed by atoms with van der Waals surface area (Å²) in [5.41, 5.74) is 2.26. The number of aryl methyl sites for hydroxylation is 1. The van der Waals surface area contributed by atoms with Crippen molar-refractivity contribution in [1.82, 2.24) is 25.5 Å². The van der Waals surface area contributed by atoms with Crippen LogP contribution in [-0.2, 0) is 6.42 Å². The normalized spacial score (nSPS) is 14.7. The van der Waals surface area contributed by atoms with E-state index >= 15 is 0 Å². The molecule has 3 heterocycles. The van der Waals surface area contributed by atoms with E-state index in [0.29, 0.717) is 12.1 Å². The summed E-state index contributed by atoms with van der Waals surface area (Å²) in [5.74, 6) is 0.600. The number of nitrogens with zero attached hydrogens (tertiary/aromatic N) is 4. The minimum Gasteiger partial charge on any atom is -0.352 e. The molecule has 23 heavy (non-hydrogen) atoms. The van der Waals surface area contributed by atoms with Crippen molar-refractivity contribution in [3.8, 4) is 0 Å². The molecule has 2 aromatic rings. The molecule has 2 N–H and O–H groups in total. The van der Waals surface area contributed by atoms with Gasteiger partial charge in [-0.05, 0) is 32.3 Å². The molecule has 7 nitrogen and oxygen atoms in total. The average molecular weight is 314 g/mol. The number of anilines is 1. The first kappa shape index (κ1) is 15.5. The number of aromatic amines is 1. The van der Waals surface area contributed by atoms with Gasteiger partial charge < -0.3 is 10.2 Å². The predicted octanol–water partition coefficient (Wildman–Crippen LogP) is 1.47. The van der Waals surface area contributed by atoms with E-state index in [1.54, 1.807) is 12.4 Å². The van der Waals surface area contributed by atoms with Crippen LogP contribution in [-0.4, -0.2) is 45.7 Å². The van der Waals surface area contributed by atoms with Crippen LogP contribution in [0.1, 0.15) is 41.0 Å². The van der Waals surface area contributed by atoms with E-state index in [1.807, 2.05) is 13.0 Å². The lowest BCUT2D eigenvalue weighted by molar-refractivity contribution is 0.0952. The molecule has 0 saturated carbocycles. The lowest BCUT2D eigenvalue weighted by atomic mass is 10.1. The molecule has 0 aliphatic carbocycles. The maximum Gasteiger partial charge on any atom is 0.254 e. The molecule has 1 saturated heterocycles. The Morgan fingerprint density at radius 3 is 2.87 bits per heavy atom. The van der Waals surface area contributed by atoms with Crippen LogP contribution in [0.4, 0.5) is 5.95 Å². The zero-order chi connectivity index (χ0) is 16.1. The fourth-order valence-electron chi connectivity index (χ4n) is 2.75. The molecule has 0 aromatic carbocycles. The number of aromatic nitrogens is 4. The first-order valence-corrected chi connectivity index (χ1v) is 8.09. The zero-order valence-corrected chi connectivity index (χ0v) is 13.4. The topological polar surface area (TPSA) is 86.8 Å². The lowest BCUT2D eigenvalue weighted by Gasteiger charge is -2.26. The van der Waals surface area contributed by atoms with Gasteiger partial charge in [0.05, 0.1) is 11.3 Å². The van der Waals surface area contributed by atoms with E-state index in [4.69, 9.17) is 0 Å². The molecule has 3 rings (SSSR count). The molecule has 1 aliphatic heterocycles. The Morgan fingerprint density at radius 1 is 1.35 bits per heavy atom. The van der Waals surface area contributed by atoms with Crippen LogP contribution < -0.4 is 10.2 Å². The van der Waals surface area contributed by atoms with Crippen molar-refractivity contribution in [2.75, 3.05) is 24.5 Å². The van der Waals surface area contributed by atoms with Crippen molar-refractivity contribution < 1.29 is 4.79 Å². The third kappa shape index (κ3) is 3.85. The van der Waals surface area contributed by atoms with Gasteiger partial charge in [0, 0.05) is 44.1 Å². The Hall–Kier alpha value is -2.44. The monoisotopic (exact) mass is 314 g/mol. The number of piperidine rings is 1. The number of hydrogen-bond acceptors (Lipinski definition) is 5. The van der Waals surface area contributed by atoms with E-state index in [1.165, 1.54) is 19.3 Å². The Kier molecular flexibility index (Phi) is 4.85. The van der Waals surface area contributed by atoms with Gasteiger partial charge in [0.25, 0.3) is 5.91 Å². The van der Waals surface area contributed by atoms with Crippen LogP contribution in [0, 0.1) is 6.92 Å². The summed E-state index contributed by atoms with van der Waals surface area (Å²) in [6.07, 6.45) is 7.69. The van der Waals surface area contributed by atoms with E-state index in [2.05, 4.69) is 30.4 Å². The molecular weight excluding hydrogens is 292 g/mol. The van der Waals surface area contributed by atoms with Gasteiger partial charge in [0.2, 0.25) is 5.95 Å². The zero-order valence-electron chi connectivity index (χ0n) is 13.4. The molecule has 0 spiro atoms. The number of amides is 1. The molecule has 1 aliphatic rings. The van der Waals surface area contributed by atoms with Crippen molar-refractivity contribution in [2.24, 2.45) is 0 Å². The number of H-pyrrole nitrogens is 1. The minimum absolute atomic E-state index is 0.132. The molecule has 0 radical (unpaired) electrons. The highest BCUT2D eigenvalue weighted by atomic mass is 16.1. The Bertz CT molecular complexity index is 649. The first-order valence-electron chi connectivity index (χ1n) is 8.09. The summed E-state index contributed by atoms with van der Waals surface area (Å²) in [7, 11) is 0. The largest absolute Gasteiger partial charge is 0.352 e. The second kappa shape index (κ2) is 7.21. The van der Waals surface area contributed by atoms with Crippen molar-refractivity contribution in [3.05, 3.63) is 35.4 Å². The molecule has 0 unspecified atom stereocenters. The third-order valence-electron chi connectivity index (χ3n) is 4.09. The maximum atomic E-state index is 12.3. The maximum absolute atomic E-state index is 12.3. The number of rotatable bonds is 5. The summed E-state index contributed by atoms with van der Waals surface area (Å²) in [6, 6.07) is 1.90. The van der Waals surface area contributed by atoms with Crippen LogP contribution in [0.3, 0.4) is 0 Å². The fraction of sp³-hybridized carbons (Fsp3) is 0.500. The van der Waals surface area contributed by atoms with Crippen LogP contribution in [0.25, 0.3) is 0 Å². The molecular formula is C16H22N6O. The molecule has 2 aromatic heterocycles. The summed E-state index contributed by atoms with van der Waals surface area (Å²) in [5, 5.41) is 9.66. The minimum atomic E-state index is -0.132. The van der Waals surface area contributed by atoms with Crippen molar-refractivity contribution >= 4 is 11.9 Å². The lowest BCUT2D eigenvalue weighted by Crippen LogP contribution is -2.32. The predicted molar refractivity (Wildman–Crippen MR) is 87.5 cm³/mol. The standard InChI is InChI=1S/C16H22N6O/c1-12-14(15(23)17-7-5-13-6-8-19-21-13)11-18-16(20-12)22-9-3-2-4-10-22/h6,8,11H,2-5,7,9-10H2,1H3,(H,17,23)(H,19,21). The van der Waals surface area contributed by atoms with E-state index in [0.717, 1.165) is 36.8 Å². The van der Waals surface area contributed by atoms with Crippen LogP contribution in [0.15, 0.2) is 18.5 Å². The fourth-order valence-corrected chi connectivity index (χ4v) is 2.75. The second-order valence-corrected chi connectivity index (χ2v) is 5.80. The number of hydrogen-bond donors (Lipinski definition) is 2. The highest BCUT2D eigenvalue weighted by Gasteiger charge is 2.16. The summed E-state index contributed by atoms with van der Waals surface area (Å²) < 4.78 is 0. The highest BCUT2D eigenvalue weighted by Crippen LogP contribution is 2.16. The molecule has 1 amide bonds. The number of carbonyl (C=O) groups excluding carboxylic acids is 1. The van der Waals surface area contributed by atoms with Gasteiger partial charge in [-0.15, -0.1) is 0 Å². The molecule has 0 atom stereocenters. The van der Waals surface area contributed by atoms with Gasteiger partial charge in [0.1, 0.15) is 0 Å². The van der Waals surface area contributed by atoms with Crippen LogP contribution in [0.5, 0.6) is 0 Å². The van der Waals surface area contributed by atoms with Crippen molar-refractivity contribution in [2.45, 2.75) is 32.6 Å². The number of nitrogens with one attached hydrogen (secondary N) is 2. The van der Waals surface area contributed by atoms with Crippen molar-refractivity contribution in [1.29, 1.82) is 0 Å². The van der Waals surface area contributed by atoms with Gasteiger partial charge in [-0.1, -0.05) is 0 Å². The van der Waals surface area contributed by atoms with Crippen LogP contribution in [0.2, 0.25) is 0 Å². The quantitative estimate of drug-likeness (QED) is 0.873. The average Bonchev–Trinajstić information content (AvgIpc) is 3.09. The number of carbonyl (C=O) groups is 1. The smallest absolute Gasteiger partial charge is 0.254 e. The molecule has 122 valence electrons. The van der Waals surface area contributed by atoms with Gasteiger partial charge in [-0.25, -0.2) is 9.97 Å². The molecule has 1 fully saturated rings. The van der Waals surface area contributed by atoms with E-state index in [-0.39, 0.29) is 5.91 Å². The molecule has 0 bridgehead atoms. The molecule has 7 heteroatoms. The van der Waals surface area contributed by atoms with Gasteiger partial charge in [0.15, 0.2) is 0 Å². The van der Waals surface area contributed by atoms with E-state index < -0.39 is 0 Å². The Balaban J connectivity index is 1.59. The van der Waals surface area contributed by atoms with Crippen molar-refractivity contribution in [3.63, 3.8) is 0 Å².